The van der Waals surface area contributed by atoms with Crippen molar-refractivity contribution in [3.8, 4) is 0 Å². The van der Waals surface area contributed by atoms with E-state index in [9.17, 15) is 14.3 Å². The van der Waals surface area contributed by atoms with Crippen LogP contribution in [0.1, 0.15) is 36.8 Å². The second-order valence-electron chi connectivity index (χ2n) is 4.73. The predicted molar refractivity (Wildman–Crippen MR) is 63.9 cm³/mol. The summed E-state index contributed by atoms with van der Waals surface area (Å²) in [6.45, 7) is -0.305. The number of hydrogen-bond acceptors (Lipinski definition) is 1. The van der Waals surface area contributed by atoms with Crippen molar-refractivity contribution >= 4 is 5.97 Å². The zero-order valence-corrected chi connectivity index (χ0v) is 9.79. The molecule has 1 saturated carbocycles. The molecular formula is C14H17FO2. The van der Waals surface area contributed by atoms with E-state index in [0.29, 0.717) is 6.42 Å². The number of aryl methyl sites for hydroxylation is 1. The second-order valence-corrected chi connectivity index (χ2v) is 4.73. The van der Waals surface area contributed by atoms with Gasteiger partial charge in [-0.2, -0.15) is 0 Å². The SMILES string of the molecule is O=C(O)C1(c2ccc(CCCF)cc2)CCC1. The number of carboxylic acid groups (broad SMARTS) is 1. The first kappa shape index (κ1) is 12.1. The number of hydrogen-bond donors (Lipinski definition) is 1. The molecule has 1 aromatic rings. The van der Waals surface area contributed by atoms with Gasteiger partial charge in [0.2, 0.25) is 0 Å². The van der Waals surface area contributed by atoms with Crippen LogP contribution >= 0.6 is 0 Å². The molecule has 0 aromatic heterocycles. The lowest BCUT2D eigenvalue weighted by Gasteiger charge is -2.38. The maximum absolute atomic E-state index is 12.0. The van der Waals surface area contributed by atoms with Crippen molar-refractivity contribution in [2.45, 2.75) is 37.5 Å². The summed E-state index contributed by atoms with van der Waals surface area (Å²) in [6, 6.07) is 7.63. The van der Waals surface area contributed by atoms with Crippen LogP contribution < -0.4 is 0 Å². The monoisotopic (exact) mass is 236 g/mol. The minimum Gasteiger partial charge on any atom is -0.481 e. The molecule has 0 amide bonds. The van der Waals surface area contributed by atoms with Crippen molar-refractivity contribution < 1.29 is 14.3 Å². The van der Waals surface area contributed by atoms with E-state index in [1.54, 1.807) is 0 Å². The maximum Gasteiger partial charge on any atom is 0.314 e. The van der Waals surface area contributed by atoms with Gasteiger partial charge in [-0.25, -0.2) is 0 Å². The van der Waals surface area contributed by atoms with Crippen molar-refractivity contribution in [2.24, 2.45) is 0 Å². The smallest absolute Gasteiger partial charge is 0.314 e. The zero-order chi connectivity index (χ0) is 12.3. The van der Waals surface area contributed by atoms with Gasteiger partial charge in [-0.3, -0.25) is 9.18 Å². The summed E-state index contributed by atoms with van der Waals surface area (Å²) < 4.78 is 12.0. The molecule has 3 heteroatoms. The molecule has 1 aliphatic rings. The number of halogens is 1. The van der Waals surface area contributed by atoms with Gasteiger partial charge >= 0.3 is 5.97 Å². The molecule has 0 heterocycles. The Morgan fingerprint density at radius 1 is 1.29 bits per heavy atom. The fraction of sp³-hybridized carbons (Fsp3) is 0.500. The van der Waals surface area contributed by atoms with Crippen molar-refractivity contribution in [3.63, 3.8) is 0 Å². The quantitative estimate of drug-likeness (QED) is 0.853. The summed E-state index contributed by atoms with van der Waals surface area (Å²) in [5.74, 6) is -0.722. The van der Waals surface area contributed by atoms with Crippen molar-refractivity contribution in [1.82, 2.24) is 0 Å². The van der Waals surface area contributed by atoms with Gasteiger partial charge < -0.3 is 5.11 Å². The number of carboxylic acids is 1. The Balaban J connectivity index is 2.14. The van der Waals surface area contributed by atoms with Gasteiger partial charge in [0, 0.05) is 0 Å². The molecule has 1 fully saturated rings. The molecule has 0 atom stereocenters. The summed E-state index contributed by atoms with van der Waals surface area (Å²) in [6.07, 6.45) is 3.69. The van der Waals surface area contributed by atoms with Crippen molar-refractivity contribution in [1.29, 1.82) is 0 Å². The summed E-state index contributed by atoms with van der Waals surface area (Å²) in [4.78, 5) is 11.3. The number of aliphatic carboxylic acids is 1. The highest BCUT2D eigenvalue weighted by Gasteiger charge is 2.45. The third-order valence-corrected chi connectivity index (χ3v) is 3.72. The van der Waals surface area contributed by atoms with Crippen LogP contribution in [-0.4, -0.2) is 17.8 Å². The Morgan fingerprint density at radius 3 is 2.35 bits per heavy atom. The van der Waals surface area contributed by atoms with Gasteiger partial charge in [-0.05, 0) is 36.8 Å². The zero-order valence-electron chi connectivity index (χ0n) is 9.79. The first-order chi connectivity index (χ1) is 8.19. The molecule has 0 unspecified atom stereocenters. The standard InChI is InChI=1S/C14H17FO2/c15-10-1-3-11-4-6-12(7-5-11)14(13(16)17)8-2-9-14/h4-7H,1-3,8-10H2,(H,16,17). The molecule has 1 aliphatic carbocycles. The van der Waals surface area contributed by atoms with Crippen LogP contribution in [-0.2, 0) is 16.6 Å². The van der Waals surface area contributed by atoms with Crippen LogP contribution in [0.2, 0.25) is 0 Å². The molecule has 1 N–H and O–H groups in total. The lowest BCUT2D eigenvalue weighted by Crippen LogP contribution is -2.42. The third kappa shape index (κ3) is 2.19. The van der Waals surface area contributed by atoms with Crippen LogP contribution in [0.25, 0.3) is 0 Å². The van der Waals surface area contributed by atoms with E-state index in [-0.39, 0.29) is 6.67 Å². The molecular weight excluding hydrogens is 219 g/mol. The summed E-state index contributed by atoms with van der Waals surface area (Å²) >= 11 is 0. The summed E-state index contributed by atoms with van der Waals surface area (Å²) in [7, 11) is 0. The van der Waals surface area contributed by atoms with E-state index in [0.717, 1.165) is 36.8 Å². The highest BCUT2D eigenvalue weighted by atomic mass is 19.1. The molecule has 17 heavy (non-hydrogen) atoms. The largest absolute Gasteiger partial charge is 0.481 e. The first-order valence-corrected chi connectivity index (χ1v) is 6.08. The van der Waals surface area contributed by atoms with Crippen LogP contribution in [0.15, 0.2) is 24.3 Å². The van der Waals surface area contributed by atoms with E-state index >= 15 is 0 Å². The second kappa shape index (κ2) is 4.86. The highest BCUT2D eigenvalue weighted by Crippen LogP contribution is 2.43. The number of alkyl halides is 1. The fourth-order valence-electron chi connectivity index (χ4n) is 2.42. The van der Waals surface area contributed by atoms with Gasteiger partial charge in [-0.15, -0.1) is 0 Å². The Kier molecular flexibility index (Phi) is 3.46. The lowest BCUT2D eigenvalue weighted by atomic mass is 9.64. The average molecular weight is 236 g/mol. The number of carbonyl (C=O) groups is 1. The Bertz CT molecular complexity index is 393. The van der Waals surface area contributed by atoms with Gasteiger partial charge in [0.05, 0.1) is 12.1 Å². The lowest BCUT2D eigenvalue weighted by molar-refractivity contribution is -0.147. The van der Waals surface area contributed by atoms with Crippen molar-refractivity contribution in [2.75, 3.05) is 6.67 Å². The highest BCUT2D eigenvalue weighted by molar-refractivity contribution is 5.82. The number of rotatable bonds is 5. The van der Waals surface area contributed by atoms with Gasteiger partial charge in [-0.1, -0.05) is 30.7 Å². The topological polar surface area (TPSA) is 37.3 Å². The Labute approximate surface area is 100 Å². The summed E-state index contributed by atoms with van der Waals surface area (Å²) in [5.41, 5.74) is 1.31. The molecule has 2 rings (SSSR count). The van der Waals surface area contributed by atoms with Gasteiger partial charge in [0.25, 0.3) is 0 Å². The molecule has 92 valence electrons. The predicted octanol–water partition coefficient (Wildman–Crippen LogP) is 3.10. The van der Waals surface area contributed by atoms with E-state index in [2.05, 4.69) is 0 Å². The third-order valence-electron chi connectivity index (χ3n) is 3.72. The van der Waals surface area contributed by atoms with E-state index in [4.69, 9.17) is 0 Å². The molecule has 0 spiro atoms. The van der Waals surface area contributed by atoms with Crippen LogP contribution in [0, 0.1) is 0 Å². The van der Waals surface area contributed by atoms with Gasteiger partial charge in [0.15, 0.2) is 0 Å². The van der Waals surface area contributed by atoms with Gasteiger partial charge in [0.1, 0.15) is 0 Å². The van der Waals surface area contributed by atoms with E-state index in [1.807, 2.05) is 24.3 Å². The first-order valence-electron chi connectivity index (χ1n) is 6.08. The minimum absolute atomic E-state index is 0.305. The minimum atomic E-state index is -0.722. The fourth-order valence-corrected chi connectivity index (χ4v) is 2.42. The molecule has 0 bridgehead atoms. The Hall–Kier alpha value is -1.38. The van der Waals surface area contributed by atoms with E-state index < -0.39 is 11.4 Å². The molecule has 0 aliphatic heterocycles. The molecule has 2 nitrogen and oxygen atoms in total. The van der Waals surface area contributed by atoms with Crippen LogP contribution in [0.4, 0.5) is 4.39 Å². The van der Waals surface area contributed by atoms with Crippen LogP contribution in [0.3, 0.4) is 0 Å². The molecule has 1 aromatic carbocycles. The summed E-state index contributed by atoms with van der Waals surface area (Å²) in [5, 5.41) is 9.30. The molecule has 0 saturated heterocycles. The van der Waals surface area contributed by atoms with E-state index in [1.165, 1.54) is 0 Å². The normalized spacial score (nSPS) is 17.5. The average Bonchev–Trinajstić information content (AvgIpc) is 2.26. The Morgan fingerprint density at radius 2 is 1.94 bits per heavy atom. The van der Waals surface area contributed by atoms with Crippen LogP contribution in [0.5, 0.6) is 0 Å². The molecule has 0 radical (unpaired) electrons. The van der Waals surface area contributed by atoms with Crippen molar-refractivity contribution in [3.05, 3.63) is 35.4 Å². The number of benzene rings is 1. The maximum atomic E-state index is 12.0.